The Balaban J connectivity index is 2.29. The summed E-state index contributed by atoms with van der Waals surface area (Å²) in [4.78, 5) is 12.6. The Labute approximate surface area is 119 Å². The van der Waals surface area contributed by atoms with Crippen molar-refractivity contribution in [3.8, 4) is 5.75 Å². The molecule has 0 bridgehead atoms. The maximum atomic E-state index is 12.6. The zero-order chi connectivity index (χ0) is 14.5. The quantitative estimate of drug-likeness (QED) is 0.759. The van der Waals surface area contributed by atoms with E-state index in [-0.39, 0.29) is 5.78 Å². The number of nitrogens with zero attached hydrogens (tertiary/aromatic N) is 2. The van der Waals surface area contributed by atoms with Crippen molar-refractivity contribution in [1.82, 2.24) is 9.78 Å². The molecule has 0 saturated heterocycles. The maximum absolute atomic E-state index is 12.6. The van der Waals surface area contributed by atoms with E-state index >= 15 is 0 Å². The normalized spacial score (nSPS) is 10.6. The number of carbonyl (C=O) groups excluding carboxylic acids is 1. The van der Waals surface area contributed by atoms with Gasteiger partial charge in [0.05, 0.1) is 13.3 Å². The van der Waals surface area contributed by atoms with Gasteiger partial charge in [-0.15, -0.1) is 0 Å². The molecular formula is C16H20N2O2. The van der Waals surface area contributed by atoms with Gasteiger partial charge in [0.25, 0.3) is 0 Å². The van der Waals surface area contributed by atoms with Gasteiger partial charge in [0.15, 0.2) is 11.5 Å². The van der Waals surface area contributed by atoms with Gasteiger partial charge in [-0.25, -0.2) is 0 Å². The van der Waals surface area contributed by atoms with E-state index in [0.717, 1.165) is 24.1 Å². The monoisotopic (exact) mass is 272 g/mol. The number of aryl methyl sites for hydroxylation is 2. The summed E-state index contributed by atoms with van der Waals surface area (Å²) in [7, 11) is 1.57. The molecule has 1 heterocycles. The molecule has 2 rings (SSSR count). The van der Waals surface area contributed by atoms with Crippen molar-refractivity contribution in [1.29, 1.82) is 0 Å². The van der Waals surface area contributed by atoms with Crippen LogP contribution in [0.1, 0.15) is 35.0 Å². The SMILES string of the molecule is CCCn1ncc(OC)c1C(=O)Cc1ccccc1C. The largest absolute Gasteiger partial charge is 0.493 e. The molecule has 0 spiro atoms. The second kappa shape index (κ2) is 6.37. The molecule has 2 aromatic rings. The molecule has 0 unspecified atom stereocenters. The lowest BCUT2D eigenvalue weighted by Gasteiger charge is -2.09. The average Bonchev–Trinajstić information content (AvgIpc) is 2.85. The van der Waals surface area contributed by atoms with E-state index in [0.29, 0.717) is 17.9 Å². The van der Waals surface area contributed by atoms with E-state index in [9.17, 15) is 4.79 Å². The van der Waals surface area contributed by atoms with Crippen LogP contribution in [0, 0.1) is 6.92 Å². The summed E-state index contributed by atoms with van der Waals surface area (Å²) < 4.78 is 6.99. The Kier molecular flexibility index (Phi) is 4.56. The number of aromatic nitrogens is 2. The first-order valence-electron chi connectivity index (χ1n) is 6.84. The van der Waals surface area contributed by atoms with E-state index in [1.165, 1.54) is 0 Å². The molecule has 4 nitrogen and oxygen atoms in total. The van der Waals surface area contributed by atoms with E-state index in [2.05, 4.69) is 12.0 Å². The highest BCUT2D eigenvalue weighted by atomic mass is 16.5. The first-order chi connectivity index (χ1) is 9.67. The third-order valence-electron chi connectivity index (χ3n) is 3.34. The number of rotatable bonds is 6. The third kappa shape index (κ3) is 2.90. The lowest BCUT2D eigenvalue weighted by molar-refractivity contribution is 0.0979. The van der Waals surface area contributed by atoms with Crippen molar-refractivity contribution in [3.05, 3.63) is 47.3 Å². The molecular weight excluding hydrogens is 252 g/mol. The predicted molar refractivity (Wildman–Crippen MR) is 78.3 cm³/mol. The van der Waals surface area contributed by atoms with E-state index in [4.69, 9.17) is 4.74 Å². The van der Waals surface area contributed by atoms with Gasteiger partial charge in [0.1, 0.15) is 5.69 Å². The van der Waals surface area contributed by atoms with Crippen LogP contribution in [-0.4, -0.2) is 22.7 Å². The number of benzene rings is 1. The van der Waals surface area contributed by atoms with Crippen LogP contribution in [0.2, 0.25) is 0 Å². The summed E-state index contributed by atoms with van der Waals surface area (Å²) in [6.45, 7) is 4.80. The van der Waals surface area contributed by atoms with Crippen molar-refractivity contribution in [2.24, 2.45) is 0 Å². The summed E-state index contributed by atoms with van der Waals surface area (Å²) in [5, 5.41) is 4.23. The molecule has 0 fully saturated rings. The van der Waals surface area contributed by atoms with Gasteiger partial charge in [-0.2, -0.15) is 5.10 Å². The minimum atomic E-state index is 0.0436. The van der Waals surface area contributed by atoms with Gasteiger partial charge in [-0.3, -0.25) is 9.48 Å². The van der Waals surface area contributed by atoms with Crippen LogP contribution in [0.15, 0.2) is 30.5 Å². The van der Waals surface area contributed by atoms with E-state index < -0.39 is 0 Å². The second-order valence-corrected chi connectivity index (χ2v) is 4.81. The van der Waals surface area contributed by atoms with Crippen LogP contribution in [0.4, 0.5) is 0 Å². The van der Waals surface area contributed by atoms with Gasteiger partial charge >= 0.3 is 0 Å². The van der Waals surface area contributed by atoms with Crippen molar-refractivity contribution in [2.45, 2.75) is 33.2 Å². The van der Waals surface area contributed by atoms with Crippen molar-refractivity contribution < 1.29 is 9.53 Å². The number of ketones is 1. The molecule has 0 radical (unpaired) electrons. The molecule has 4 heteroatoms. The molecule has 1 aromatic carbocycles. The lowest BCUT2D eigenvalue weighted by atomic mass is 10.0. The summed E-state index contributed by atoms with van der Waals surface area (Å²) in [5.74, 6) is 0.596. The highest BCUT2D eigenvalue weighted by Crippen LogP contribution is 2.21. The number of methoxy groups -OCH3 is 1. The van der Waals surface area contributed by atoms with Crippen LogP contribution >= 0.6 is 0 Å². The molecule has 20 heavy (non-hydrogen) atoms. The molecule has 106 valence electrons. The summed E-state index contributed by atoms with van der Waals surface area (Å²) in [6.07, 6.45) is 2.91. The summed E-state index contributed by atoms with van der Waals surface area (Å²) in [5.41, 5.74) is 2.74. The summed E-state index contributed by atoms with van der Waals surface area (Å²) >= 11 is 0. The highest BCUT2D eigenvalue weighted by molar-refractivity contribution is 5.98. The number of carbonyl (C=O) groups is 1. The highest BCUT2D eigenvalue weighted by Gasteiger charge is 2.19. The first kappa shape index (κ1) is 14.3. The van der Waals surface area contributed by atoms with Gasteiger partial charge in [0, 0.05) is 13.0 Å². The Morgan fingerprint density at radius 2 is 2.10 bits per heavy atom. The van der Waals surface area contributed by atoms with Crippen LogP contribution in [0.3, 0.4) is 0 Å². The molecule has 0 saturated carbocycles. The van der Waals surface area contributed by atoms with Crippen molar-refractivity contribution in [2.75, 3.05) is 7.11 Å². The average molecular weight is 272 g/mol. The van der Waals surface area contributed by atoms with Gasteiger partial charge < -0.3 is 4.74 Å². The fraction of sp³-hybridized carbons (Fsp3) is 0.375. The standard InChI is InChI=1S/C16H20N2O2/c1-4-9-18-16(15(20-3)11-17-18)14(19)10-13-8-6-5-7-12(13)2/h5-8,11H,4,9-10H2,1-3H3. The molecule has 0 aliphatic rings. The Bertz CT molecular complexity index is 602. The molecule has 0 atom stereocenters. The second-order valence-electron chi connectivity index (χ2n) is 4.81. The number of hydrogen-bond donors (Lipinski definition) is 0. The third-order valence-corrected chi connectivity index (χ3v) is 3.34. The number of Topliss-reactive ketones (excluding diaryl/α,β-unsaturated/α-hetero) is 1. The predicted octanol–water partition coefficient (Wildman–Crippen LogP) is 3.04. The van der Waals surface area contributed by atoms with Crippen molar-refractivity contribution >= 4 is 5.78 Å². The Morgan fingerprint density at radius 3 is 2.75 bits per heavy atom. The first-order valence-corrected chi connectivity index (χ1v) is 6.84. The fourth-order valence-corrected chi connectivity index (χ4v) is 2.25. The van der Waals surface area contributed by atoms with Gasteiger partial charge in [-0.05, 0) is 24.5 Å². The molecule has 0 aliphatic heterocycles. The Hall–Kier alpha value is -2.10. The van der Waals surface area contributed by atoms with E-state index in [1.54, 1.807) is 18.0 Å². The number of ether oxygens (including phenoxy) is 1. The van der Waals surface area contributed by atoms with Crippen LogP contribution in [0.5, 0.6) is 5.75 Å². The smallest absolute Gasteiger partial charge is 0.189 e. The topological polar surface area (TPSA) is 44.1 Å². The van der Waals surface area contributed by atoms with Gasteiger partial charge in [0.2, 0.25) is 0 Å². The minimum absolute atomic E-state index is 0.0436. The molecule has 0 amide bonds. The fourth-order valence-electron chi connectivity index (χ4n) is 2.25. The minimum Gasteiger partial charge on any atom is -0.493 e. The van der Waals surface area contributed by atoms with Crippen LogP contribution in [-0.2, 0) is 13.0 Å². The van der Waals surface area contributed by atoms with E-state index in [1.807, 2.05) is 31.2 Å². The van der Waals surface area contributed by atoms with Gasteiger partial charge in [-0.1, -0.05) is 31.2 Å². The summed E-state index contributed by atoms with van der Waals surface area (Å²) in [6, 6.07) is 7.94. The molecule has 0 aliphatic carbocycles. The number of hydrogen-bond acceptors (Lipinski definition) is 3. The maximum Gasteiger partial charge on any atom is 0.189 e. The van der Waals surface area contributed by atoms with Crippen LogP contribution < -0.4 is 4.74 Å². The zero-order valence-corrected chi connectivity index (χ0v) is 12.2. The van der Waals surface area contributed by atoms with Crippen LogP contribution in [0.25, 0.3) is 0 Å². The van der Waals surface area contributed by atoms with Crippen molar-refractivity contribution in [3.63, 3.8) is 0 Å². The Morgan fingerprint density at radius 1 is 1.35 bits per heavy atom. The zero-order valence-electron chi connectivity index (χ0n) is 12.2. The lowest BCUT2D eigenvalue weighted by Crippen LogP contribution is -2.14. The molecule has 1 aromatic heterocycles. The molecule has 0 N–H and O–H groups in total.